The van der Waals surface area contributed by atoms with E-state index in [2.05, 4.69) is 26.0 Å². The average molecular weight is 307 g/mol. The highest BCUT2D eigenvalue weighted by molar-refractivity contribution is 6.23. The van der Waals surface area contributed by atoms with Crippen molar-refractivity contribution in [2.24, 2.45) is 23.7 Å². The average Bonchev–Trinajstić information content (AvgIpc) is 3.18. The minimum Gasteiger partial charge on any atom is -0.274 e. The molecule has 0 N–H and O–H groups in total. The lowest BCUT2D eigenvalue weighted by Gasteiger charge is -2.19. The van der Waals surface area contributed by atoms with Gasteiger partial charge in [-0.3, -0.25) is 9.59 Å². The molecule has 0 spiro atoms. The highest BCUT2D eigenvalue weighted by Crippen LogP contribution is 2.57. The van der Waals surface area contributed by atoms with Gasteiger partial charge in [0.1, 0.15) is 0 Å². The third-order valence-electron chi connectivity index (χ3n) is 5.73. The third kappa shape index (κ3) is 1.82. The van der Waals surface area contributed by atoms with Crippen LogP contribution in [0.5, 0.6) is 0 Å². The number of rotatable bonds is 2. The Labute approximate surface area is 136 Å². The SMILES string of the molecule is CCC(C)=C1[C@H]2C=C[C@@H]1[C@H]1C(=O)N(c3ccc(C)cc3)C(=O)[C@@H]12. The van der Waals surface area contributed by atoms with Gasteiger partial charge in [0.15, 0.2) is 0 Å². The van der Waals surface area contributed by atoms with Crippen molar-refractivity contribution in [1.29, 1.82) is 0 Å². The van der Waals surface area contributed by atoms with Gasteiger partial charge in [0.05, 0.1) is 17.5 Å². The van der Waals surface area contributed by atoms with Gasteiger partial charge in [-0.2, -0.15) is 0 Å². The summed E-state index contributed by atoms with van der Waals surface area (Å²) < 4.78 is 0. The van der Waals surface area contributed by atoms with E-state index in [-0.39, 0.29) is 35.5 Å². The predicted octanol–water partition coefficient (Wildman–Crippen LogP) is 3.64. The molecule has 2 aliphatic carbocycles. The van der Waals surface area contributed by atoms with E-state index in [1.165, 1.54) is 16.0 Å². The van der Waals surface area contributed by atoms with Crippen molar-refractivity contribution >= 4 is 17.5 Å². The molecule has 0 radical (unpaired) electrons. The smallest absolute Gasteiger partial charge is 0.238 e. The van der Waals surface area contributed by atoms with Crippen molar-refractivity contribution in [3.05, 3.63) is 53.1 Å². The van der Waals surface area contributed by atoms with Gasteiger partial charge in [-0.15, -0.1) is 0 Å². The van der Waals surface area contributed by atoms with Crippen LogP contribution in [-0.4, -0.2) is 11.8 Å². The van der Waals surface area contributed by atoms with E-state index in [9.17, 15) is 9.59 Å². The lowest BCUT2D eigenvalue weighted by Crippen LogP contribution is -2.33. The zero-order valence-corrected chi connectivity index (χ0v) is 13.7. The van der Waals surface area contributed by atoms with Crippen molar-refractivity contribution in [2.75, 3.05) is 4.90 Å². The maximum absolute atomic E-state index is 13.0. The Balaban J connectivity index is 1.74. The van der Waals surface area contributed by atoms with Crippen LogP contribution >= 0.6 is 0 Å². The number of carbonyl (C=O) groups excluding carboxylic acids is 2. The van der Waals surface area contributed by atoms with Gasteiger partial charge in [0.2, 0.25) is 11.8 Å². The molecule has 118 valence electrons. The summed E-state index contributed by atoms with van der Waals surface area (Å²) in [7, 11) is 0. The van der Waals surface area contributed by atoms with E-state index in [4.69, 9.17) is 0 Å². The van der Waals surface area contributed by atoms with E-state index in [0.29, 0.717) is 5.69 Å². The highest BCUT2D eigenvalue weighted by atomic mass is 16.2. The zero-order chi connectivity index (χ0) is 16.3. The quantitative estimate of drug-likeness (QED) is 0.618. The van der Waals surface area contributed by atoms with Gasteiger partial charge in [0, 0.05) is 11.8 Å². The molecule has 1 saturated heterocycles. The van der Waals surface area contributed by atoms with Crippen molar-refractivity contribution in [3.63, 3.8) is 0 Å². The Hall–Kier alpha value is -2.16. The molecule has 1 heterocycles. The fraction of sp³-hybridized carbons (Fsp3) is 0.400. The number of fused-ring (bicyclic) bond motifs is 5. The summed E-state index contributed by atoms with van der Waals surface area (Å²) in [5, 5.41) is 0. The molecule has 4 rings (SSSR count). The number of amides is 2. The summed E-state index contributed by atoms with van der Waals surface area (Å²) in [6.07, 6.45) is 5.27. The summed E-state index contributed by atoms with van der Waals surface area (Å²) in [5.74, 6) is -0.205. The first-order valence-corrected chi connectivity index (χ1v) is 8.37. The first-order valence-electron chi connectivity index (χ1n) is 8.37. The Morgan fingerprint density at radius 3 is 2.00 bits per heavy atom. The number of imide groups is 1. The summed E-state index contributed by atoms with van der Waals surface area (Å²) in [4.78, 5) is 27.4. The standard InChI is InChI=1S/C20H21NO2/c1-4-12(3)16-14-9-10-15(16)18-17(14)19(22)21(20(18)23)13-7-5-11(2)6-8-13/h5-10,14-15,17-18H,4H2,1-3H3/t14-,15+,17-,18-/m1/s1. The summed E-state index contributed by atoms with van der Waals surface area (Å²) >= 11 is 0. The molecular weight excluding hydrogens is 286 g/mol. The van der Waals surface area contributed by atoms with Gasteiger partial charge in [-0.1, -0.05) is 47.9 Å². The number of carbonyl (C=O) groups is 2. The second kappa shape index (κ2) is 4.92. The predicted molar refractivity (Wildman–Crippen MR) is 89.8 cm³/mol. The van der Waals surface area contributed by atoms with Gasteiger partial charge in [-0.05, 0) is 32.4 Å². The number of allylic oxidation sites excluding steroid dienone is 4. The second-order valence-corrected chi connectivity index (χ2v) is 6.92. The fourth-order valence-electron chi connectivity index (χ4n) is 4.48. The molecule has 3 nitrogen and oxygen atoms in total. The van der Waals surface area contributed by atoms with Crippen LogP contribution in [0.4, 0.5) is 5.69 Å². The van der Waals surface area contributed by atoms with Crippen molar-refractivity contribution in [3.8, 4) is 0 Å². The first kappa shape index (κ1) is 14.4. The molecule has 2 amide bonds. The van der Waals surface area contributed by atoms with Gasteiger partial charge in [-0.25, -0.2) is 4.90 Å². The van der Waals surface area contributed by atoms with E-state index in [0.717, 1.165) is 12.0 Å². The second-order valence-electron chi connectivity index (χ2n) is 6.92. The number of nitrogens with zero attached hydrogens (tertiary/aromatic N) is 1. The normalized spacial score (nSPS) is 33.6. The largest absolute Gasteiger partial charge is 0.274 e. The summed E-state index contributed by atoms with van der Waals surface area (Å²) in [5.41, 5.74) is 4.49. The Morgan fingerprint density at radius 1 is 1.00 bits per heavy atom. The number of aryl methyl sites for hydroxylation is 1. The van der Waals surface area contributed by atoms with Crippen LogP contribution in [0.1, 0.15) is 25.8 Å². The topological polar surface area (TPSA) is 37.4 Å². The monoisotopic (exact) mass is 307 g/mol. The van der Waals surface area contributed by atoms with Crippen LogP contribution in [0, 0.1) is 30.6 Å². The molecule has 4 atom stereocenters. The number of benzene rings is 1. The van der Waals surface area contributed by atoms with Gasteiger partial charge in [0.25, 0.3) is 0 Å². The third-order valence-corrected chi connectivity index (χ3v) is 5.73. The molecule has 1 aliphatic heterocycles. The van der Waals surface area contributed by atoms with E-state index in [1.54, 1.807) is 0 Å². The molecule has 1 aromatic rings. The van der Waals surface area contributed by atoms with Crippen LogP contribution in [0.3, 0.4) is 0 Å². The molecule has 1 aromatic carbocycles. The lowest BCUT2D eigenvalue weighted by atomic mass is 9.85. The highest BCUT2D eigenvalue weighted by Gasteiger charge is 2.61. The Bertz CT molecular complexity index is 722. The fourth-order valence-corrected chi connectivity index (χ4v) is 4.48. The number of anilines is 1. The van der Waals surface area contributed by atoms with Crippen LogP contribution in [0.15, 0.2) is 47.6 Å². The van der Waals surface area contributed by atoms with Crippen LogP contribution in [0.2, 0.25) is 0 Å². The van der Waals surface area contributed by atoms with E-state index < -0.39 is 0 Å². The lowest BCUT2D eigenvalue weighted by molar-refractivity contribution is -0.122. The van der Waals surface area contributed by atoms with Crippen LogP contribution in [0.25, 0.3) is 0 Å². The van der Waals surface area contributed by atoms with Crippen LogP contribution in [-0.2, 0) is 9.59 Å². The summed E-state index contributed by atoms with van der Waals surface area (Å²) in [6, 6.07) is 7.64. The van der Waals surface area contributed by atoms with E-state index in [1.807, 2.05) is 31.2 Å². The maximum atomic E-state index is 13.0. The molecule has 2 bridgehead atoms. The molecule has 1 saturated carbocycles. The van der Waals surface area contributed by atoms with Crippen molar-refractivity contribution < 1.29 is 9.59 Å². The van der Waals surface area contributed by atoms with Gasteiger partial charge < -0.3 is 0 Å². The molecule has 2 fully saturated rings. The molecule has 0 aromatic heterocycles. The molecule has 3 heteroatoms. The molecule has 3 aliphatic rings. The van der Waals surface area contributed by atoms with Gasteiger partial charge >= 0.3 is 0 Å². The minimum absolute atomic E-state index is 0.0258. The maximum Gasteiger partial charge on any atom is 0.238 e. The van der Waals surface area contributed by atoms with Crippen molar-refractivity contribution in [2.45, 2.75) is 27.2 Å². The zero-order valence-electron chi connectivity index (χ0n) is 13.7. The Morgan fingerprint density at radius 2 is 1.52 bits per heavy atom. The summed E-state index contributed by atoms with van der Waals surface area (Å²) in [6.45, 7) is 6.27. The molecule has 23 heavy (non-hydrogen) atoms. The molecular formula is C20H21NO2. The first-order chi connectivity index (χ1) is 11.0. The van der Waals surface area contributed by atoms with E-state index >= 15 is 0 Å². The number of hydrogen-bond donors (Lipinski definition) is 0. The van der Waals surface area contributed by atoms with Crippen LogP contribution < -0.4 is 4.90 Å². The number of hydrogen-bond acceptors (Lipinski definition) is 2. The Kier molecular flexibility index (Phi) is 3.09. The minimum atomic E-state index is -0.199. The molecule has 0 unspecified atom stereocenters. The van der Waals surface area contributed by atoms with Crippen molar-refractivity contribution in [1.82, 2.24) is 0 Å².